The van der Waals surface area contributed by atoms with Crippen LogP contribution < -0.4 is 10.6 Å². The van der Waals surface area contributed by atoms with Crippen molar-refractivity contribution in [3.05, 3.63) is 35.4 Å². The first-order valence-corrected chi connectivity index (χ1v) is 7.53. The van der Waals surface area contributed by atoms with Crippen LogP contribution in [0.15, 0.2) is 24.3 Å². The predicted molar refractivity (Wildman–Crippen MR) is 92.0 cm³/mol. The lowest BCUT2D eigenvalue weighted by Crippen LogP contribution is -2.37. The summed E-state index contributed by atoms with van der Waals surface area (Å²) in [5.74, 6) is 0.989. The molecule has 0 aliphatic rings. The maximum atomic E-state index is 11.8. The highest BCUT2D eigenvalue weighted by Crippen LogP contribution is 2.25. The first-order valence-electron chi connectivity index (χ1n) is 7.53. The van der Waals surface area contributed by atoms with Gasteiger partial charge in [0.05, 0.1) is 12.6 Å². The number of carbonyl (C=O) groups excluding carboxylic acids is 1. The van der Waals surface area contributed by atoms with Gasteiger partial charge in [0.2, 0.25) is 5.91 Å². The molecule has 0 aliphatic carbocycles. The highest BCUT2D eigenvalue weighted by atomic mass is 35.5. The lowest BCUT2D eigenvalue weighted by molar-refractivity contribution is -0.121. The summed E-state index contributed by atoms with van der Waals surface area (Å²) in [6, 6.07) is 8.73. The molecule has 0 aromatic heterocycles. The van der Waals surface area contributed by atoms with Crippen molar-refractivity contribution in [1.29, 1.82) is 0 Å². The van der Waals surface area contributed by atoms with Crippen molar-refractivity contribution in [3.63, 3.8) is 0 Å². The van der Waals surface area contributed by atoms with Gasteiger partial charge in [0.1, 0.15) is 0 Å². The number of hydrogen-bond acceptors (Lipinski definition) is 2. The summed E-state index contributed by atoms with van der Waals surface area (Å²) in [4.78, 5) is 11.8. The van der Waals surface area contributed by atoms with E-state index in [1.165, 1.54) is 11.1 Å². The molecule has 21 heavy (non-hydrogen) atoms. The Balaban J connectivity index is 0.00000400. The number of likely N-dealkylation sites (N-methyl/N-ethyl adjacent to an activating group) is 1. The normalized spacial score (nSPS) is 13.4. The van der Waals surface area contributed by atoms with Crippen molar-refractivity contribution in [2.45, 2.75) is 46.1 Å². The lowest BCUT2D eigenvalue weighted by atomic mass is 9.92. The fourth-order valence-corrected chi connectivity index (χ4v) is 2.29. The van der Waals surface area contributed by atoms with E-state index in [0.29, 0.717) is 18.4 Å². The third-order valence-electron chi connectivity index (χ3n) is 3.80. The molecule has 2 unspecified atom stereocenters. The standard InChI is InChI=1S/C17H28N2O.ClH/c1-6-13(4)14-7-9-15(10-8-14)17(12(2)3)19-16(20)11-18-5;/h7-10,12-13,17-18H,6,11H2,1-5H3,(H,19,20);1H. The van der Waals surface area contributed by atoms with E-state index >= 15 is 0 Å². The summed E-state index contributed by atoms with van der Waals surface area (Å²) in [6.45, 7) is 9.06. The van der Waals surface area contributed by atoms with Gasteiger partial charge in [0.25, 0.3) is 0 Å². The van der Waals surface area contributed by atoms with Crippen LogP contribution in [0.2, 0.25) is 0 Å². The summed E-state index contributed by atoms with van der Waals surface area (Å²) < 4.78 is 0. The molecular weight excluding hydrogens is 284 g/mol. The minimum atomic E-state index is 0. The fourth-order valence-electron chi connectivity index (χ4n) is 2.29. The molecule has 1 amide bonds. The molecule has 0 heterocycles. The van der Waals surface area contributed by atoms with Crippen molar-refractivity contribution < 1.29 is 4.79 Å². The molecule has 0 saturated heterocycles. The summed E-state index contributed by atoms with van der Waals surface area (Å²) in [6.07, 6.45) is 1.14. The molecule has 0 spiro atoms. The number of halogens is 1. The van der Waals surface area contributed by atoms with Crippen LogP contribution in [0.3, 0.4) is 0 Å². The zero-order valence-corrected chi connectivity index (χ0v) is 14.6. The molecule has 1 aromatic rings. The molecule has 0 aliphatic heterocycles. The predicted octanol–water partition coefficient (Wildman–Crippen LogP) is 3.65. The molecule has 1 rings (SSSR count). The van der Waals surface area contributed by atoms with E-state index in [4.69, 9.17) is 0 Å². The fraction of sp³-hybridized carbons (Fsp3) is 0.588. The Bertz CT molecular complexity index is 417. The van der Waals surface area contributed by atoms with Crippen LogP contribution in [0, 0.1) is 5.92 Å². The molecule has 1 aromatic carbocycles. The zero-order valence-electron chi connectivity index (χ0n) is 13.8. The summed E-state index contributed by atoms with van der Waals surface area (Å²) in [7, 11) is 1.78. The molecule has 0 radical (unpaired) electrons. The van der Waals surface area contributed by atoms with Gasteiger partial charge in [0, 0.05) is 0 Å². The SMILES string of the molecule is CCC(C)c1ccc(C(NC(=O)CNC)C(C)C)cc1.Cl. The van der Waals surface area contributed by atoms with E-state index in [-0.39, 0.29) is 24.4 Å². The average molecular weight is 313 g/mol. The van der Waals surface area contributed by atoms with E-state index in [0.717, 1.165) is 6.42 Å². The number of carbonyl (C=O) groups is 1. The maximum absolute atomic E-state index is 11.8. The molecule has 0 fully saturated rings. The van der Waals surface area contributed by atoms with Gasteiger partial charge >= 0.3 is 0 Å². The Morgan fingerprint density at radius 1 is 1.10 bits per heavy atom. The topological polar surface area (TPSA) is 41.1 Å². The average Bonchev–Trinajstić information content (AvgIpc) is 2.44. The van der Waals surface area contributed by atoms with E-state index in [9.17, 15) is 4.79 Å². The highest BCUT2D eigenvalue weighted by Gasteiger charge is 2.18. The van der Waals surface area contributed by atoms with E-state index < -0.39 is 0 Å². The van der Waals surface area contributed by atoms with Gasteiger partial charge in [-0.2, -0.15) is 0 Å². The third kappa shape index (κ3) is 6.06. The zero-order chi connectivity index (χ0) is 15.1. The van der Waals surface area contributed by atoms with Gasteiger partial charge < -0.3 is 10.6 Å². The summed E-state index contributed by atoms with van der Waals surface area (Å²) in [5.41, 5.74) is 2.54. The molecule has 0 bridgehead atoms. The second-order valence-electron chi connectivity index (χ2n) is 5.80. The molecular formula is C17H29ClN2O. The van der Waals surface area contributed by atoms with Crippen molar-refractivity contribution in [2.24, 2.45) is 5.92 Å². The molecule has 3 nitrogen and oxygen atoms in total. The summed E-state index contributed by atoms with van der Waals surface area (Å²) in [5, 5.41) is 5.98. The Morgan fingerprint density at radius 3 is 2.05 bits per heavy atom. The molecule has 120 valence electrons. The second kappa shape index (κ2) is 9.80. The van der Waals surface area contributed by atoms with E-state index in [2.05, 4.69) is 62.6 Å². The van der Waals surface area contributed by atoms with Crippen molar-refractivity contribution >= 4 is 18.3 Å². The van der Waals surface area contributed by atoms with E-state index in [1.54, 1.807) is 7.05 Å². The van der Waals surface area contributed by atoms with Gasteiger partial charge in [-0.25, -0.2) is 0 Å². The molecule has 0 saturated carbocycles. The van der Waals surface area contributed by atoms with Crippen LogP contribution in [0.5, 0.6) is 0 Å². The van der Waals surface area contributed by atoms with Gasteiger partial charge in [-0.1, -0.05) is 52.0 Å². The third-order valence-corrected chi connectivity index (χ3v) is 3.80. The van der Waals surface area contributed by atoms with Gasteiger partial charge in [-0.05, 0) is 36.4 Å². The second-order valence-corrected chi connectivity index (χ2v) is 5.80. The minimum Gasteiger partial charge on any atom is -0.348 e. The largest absolute Gasteiger partial charge is 0.348 e. The quantitative estimate of drug-likeness (QED) is 0.807. The number of rotatable bonds is 7. The van der Waals surface area contributed by atoms with Gasteiger partial charge in [0.15, 0.2) is 0 Å². The summed E-state index contributed by atoms with van der Waals surface area (Å²) >= 11 is 0. The maximum Gasteiger partial charge on any atom is 0.234 e. The Kier molecular flexibility index (Phi) is 9.31. The van der Waals surface area contributed by atoms with E-state index in [1.807, 2.05) is 0 Å². The number of hydrogen-bond donors (Lipinski definition) is 2. The Morgan fingerprint density at radius 2 is 1.62 bits per heavy atom. The van der Waals surface area contributed by atoms with Crippen LogP contribution >= 0.6 is 12.4 Å². The smallest absolute Gasteiger partial charge is 0.234 e. The molecule has 4 heteroatoms. The monoisotopic (exact) mass is 312 g/mol. The lowest BCUT2D eigenvalue weighted by Gasteiger charge is -2.23. The van der Waals surface area contributed by atoms with Crippen LogP contribution in [0.4, 0.5) is 0 Å². The highest BCUT2D eigenvalue weighted by molar-refractivity contribution is 5.85. The Labute approximate surface area is 135 Å². The number of benzene rings is 1. The molecule has 2 N–H and O–H groups in total. The Hall–Kier alpha value is -1.06. The van der Waals surface area contributed by atoms with Crippen molar-refractivity contribution in [3.8, 4) is 0 Å². The molecule has 2 atom stereocenters. The number of amides is 1. The van der Waals surface area contributed by atoms with Crippen molar-refractivity contribution in [2.75, 3.05) is 13.6 Å². The first kappa shape index (κ1) is 19.9. The van der Waals surface area contributed by atoms with Crippen LogP contribution in [0.1, 0.15) is 57.2 Å². The number of nitrogens with one attached hydrogen (secondary N) is 2. The van der Waals surface area contributed by atoms with Crippen LogP contribution in [-0.2, 0) is 4.79 Å². The van der Waals surface area contributed by atoms with Crippen LogP contribution in [-0.4, -0.2) is 19.5 Å². The van der Waals surface area contributed by atoms with Crippen LogP contribution in [0.25, 0.3) is 0 Å². The van der Waals surface area contributed by atoms with Gasteiger partial charge in [-0.15, -0.1) is 12.4 Å². The minimum absolute atomic E-state index is 0. The first-order chi connectivity index (χ1) is 9.49. The van der Waals surface area contributed by atoms with Crippen molar-refractivity contribution in [1.82, 2.24) is 10.6 Å². The van der Waals surface area contributed by atoms with Gasteiger partial charge in [-0.3, -0.25) is 4.79 Å².